The van der Waals surface area contributed by atoms with Gasteiger partial charge < -0.3 is 15.3 Å². The number of pyridine rings is 1. The minimum absolute atomic E-state index is 0.0953. The quantitative estimate of drug-likeness (QED) is 0.860. The average molecular weight is 299 g/mol. The number of carbonyl (C=O) groups is 1. The topological polar surface area (TPSA) is 65.5 Å². The van der Waals surface area contributed by atoms with Crippen molar-refractivity contribution < 1.29 is 9.90 Å². The van der Waals surface area contributed by atoms with Crippen molar-refractivity contribution in [1.29, 1.82) is 0 Å². The van der Waals surface area contributed by atoms with Crippen LogP contribution in [0.25, 0.3) is 0 Å². The Kier molecular flexibility index (Phi) is 5.36. The normalized spacial score (nSPS) is 10.3. The number of anilines is 1. The van der Waals surface area contributed by atoms with E-state index in [1.807, 2.05) is 37.1 Å². The fourth-order valence-corrected chi connectivity index (χ4v) is 2.04. The molecule has 0 saturated heterocycles. The highest BCUT2D eigenvalue weighted by Crippen LogP contribution is 2.15. The van der Waals surface area contributed by atoms with Crippen molar-refractivity contribution in [1.82, 2.24) is 10.3 Å². The first kappa shape index (κ1) is 15.8. The zero-order valence-electron chi connectivity index (χ0n) is 12.9. The number of aromatic nitrogens is 1. The van der Waals surface area contributed by atoms with Crippen LogP contribution < -0.4 is 10.2 Å². The highest BCUT2D eigenvalue weighted by molar-refractivity contribution is 5.94. The van der Waals surface area contributed by atoms with Crippen LogP contribution in [0.1, 0.15) is 29.3 Å². The van der Waals surface area contributed by atoms with Crippen molar-refractivity contribution in [3.05, 3.63) is 53.7 Å². The summed E-state index contributed by atoms with van der Waals surface area (Å²) in [7, 11) is 1.94. The number of nitrogens with one attached hydrogen (secondary N) is 1. The van der Waals surface area contributed by atoms with E-state index in [1.165, 1.54) is 0 Å². The molecule has 2 N–H and O–H groups in total. The van der Waals surface area contributed by atoms with Gasteiger partial charge in [0.1, 0.15) is 11.6 Å². The first-order valence-corrected chi connectivity index (χ1v) is 7.33. The Bertz CT molecular complexity index is 609. The first-order chi connectivity index (χ1) is 10.6. The van der Waals surface area contributed by atoms with Gasteiger partial charge in [-0.15, -0.1) is 0 Å². The van der Waals surface area contributed by atoms with Gasteiger partial charge in [-0.3, -0.25) is 4.79 Å². The van der Waals surface area contributed by atoms with E-state index in [9.17, 15) is 9.90 Å². The van der Waals surface area contributed by atoms with E-state index in [2.05, 4.69) is 10.3 Å². The Morgan fingerprint density at radius 2 is 1.95 bits per heavy atom. The number of carbonyl (C=O) groups excluding carboxylic acids is 1. The monoisotopic (exact) mass is 299 g/mol. The van der Waals surface area contributed by atoms with Crippen molar-refractivity contribution >= 4 is 11.7 Å². The number of benzene rings is 1. The molecule has 1 aromatic heterocycles. The largest absolute Gasteiger partial charge is 0.508 e. The number of phenolic OH excluding ortho intramolecular Hbond substituents is 1. The van der Waals surface area contributed by atoms with E-state index in [0.717, 1.165) is 17.8 Å². The predicted molar refractivity (Wildman–Crippen MR) is 87.1 cm³/mol. The van der Waals surface area contributed by atoms with E-state index in [0.29, 0.717) is 18.7 Å². The van der Waals surface area contributed by atoms with Crippen LogP contribution in [0.4, 0.5) is 5.82 Å². The van der Waals surface area contributed by atoms with Crippen LogP contribution in [0.5, 0.6) is 5.75 Å². The fourth-order valence-electron chi connectivity index (χ4n) is 2.04. The summed E-state index contributed by atoms with van der Waals surface area (Å²) in [6, 6.07) is 10.7. The van der Waals surface area contributed by atoms with Gasteiger partial charge in [0.2, 0.25) is 0 Å². The maximum Gasteiger partial charge on any atom is 0.252 e. The molecule has 5 heteroatoms. The van der Waals surface area contributed by atoms with Crippen molar-refractivity contribution in [2.24, 2.45) is 0 Å². The van der Waals surface area contributed by atoms with Gasteiger partial charge in [0.25, 0.3) is 5.91 Å². The SMILES string of the molecule is CCCNC(=O)c1ccc(N(C)Cc2ccc(O)cc2)nc1. The summed E-state index contributed by atoms with van der Waals surface area (Å²) < 4.78 is 0. The molecule has 0 aliphatic heterocycles. The molecule has 1 heterocycles. The van der Waals surface area contributed by atoms with Gasteiger partial charge in [-0.25, -0.2) is 4.98 Å². The van der Waals surface area contributed by atoms with Gasteiger partial charge in [-0.1, -0.05) is 19.1 Å². The third-order valence-corrected chi connectivity index (χ3v) is 3.29. The minimum Gasteiger partial charge on any atom is -0.508 e. The second-order valence-corrected chi connectivity index (χ2v) is 5.18. The zero-order chi connectivity index (χ0) is 15.9. The summed E-state index contributed by atoms with van der Waals surface area (Å²) in [4.78, 5) is 18.1. The third-order valence-electron chi connectivity index (χ3n) is 3.29. The molecule has 0 radical (unpaired) electrons. The van der Waals surface area contributed by atoms with Crippen LogP contribution >= 0.6 is 0 Å². The van der Waals surface area contributed by atoms with Gasteiger partial charge in [0.15, 0.2) is 0 Å². The number of hydrogen-bond donors (Lipinski definition) is 2. The number of phenols is 1. The first-order valence-electron chi connectivity index (χ1n) is 7.33. The third kappa shape index (κ3) is 4.22. The highest BCUT2D eigenvalue weighted by atomic mass is 16.3. The number of nitrogens with zero attached hydrogens (tertiary/aromatic N) is 2. The Morgan fingerprint density at radius 1 is 1.23 bits per heavy atom. The number of amides is 1. The Hall–Kier alpha value is -2.56. The molecule has 0 fully saturated rings. The van der Waals surface area contributed by atoms with Crippen LogP contribution in [-0.2, 0) is 6.54 Å². The number of aromatic hydroxyl groups is 1. The van der Waals surface area contributed by atoms with Gasteiger partial charge in [0, 0.05) is 26.3 Å². The molecule has 1 aromatic carbocycles. The van der Waals surface area contributed by atoms with Crippen LogP contribution in [0.2, 0.25) is 0 Å². The molecular weight excluding hydrogens is 278 g/mol. The fraction of sp³-hybridized carbons (Fsp3) is 0.294. The second-order valence-electron chi connectivity index (χ2n) is 5.18. The lowest BCUT2D eigenvalue weighted by Gasteiger charge is -2.18. The van der Waals surface area contributed by atoms with Crippen molar-refractivity contribution in [2.75, 3.05) is 18.5 Å². The van der Waals surface area contributed by atoms with Crippen LogP contribution in [0.15, 0.2) is 42.6 Å². The van der Waals surface area contributed by atoms with Crippen molar-refractivity contribution in [3.63, 3.8) is 0 Å². The lowest BCUT2D eigenvalue weighted by atomic mass is 10.2. The Labute approximate surface area is 130 Å². The Balaban J connectivity index is 2.00. The maximum absolute atomic E-state index is 11.8. The summed E-state index contributed by atoms with van der Waals surface area (Å²) in [6.45, 7) is 3.36. The lowest BCUT2D eigenvalue weighted by Crippen LogP contribution is -2.24. The number of rotatable bonds is 6. The smallest absolute Gasteiger partial charge is 0.252 e. The van der Waals surface area contributed by atoms with Gasteiger partial charge in [-0.05, 0) is 36.2 Å². The molecule has 2 rings (SSSR count). The molecule has 0 aliphatic carbocycles. The Morgan fingerprint density at radius 3 is 2.55 bits per heavy atom. The summed E-state index contributed by atoms with van der Waals surface area (Å²) in [5, 5.41) is 12.1. The molecular formula is C17H21N3O2. The summed E-state index contributed by atoms with van der Waals surface area (Å²) in [5.74, 6) is 0.953. The lowest BCUT2D eigenvalue weighted by molar-refractivity contribution is 0.0953. The summed E-state index contributed by atoms with van der Waals surface area (Å²) in [5.41, 5.74) is 1.64. The molecule has 0 bridgehead atoms. The van der Waals surface area contributed by atoms with E-state index in [1.54, 1.807) is 24.4 Å². The van der Waals surface area contributed by atoms with Crippen molar-refractivity contribution in [3.8, 4) is 5.75 Å². The standard InChI is InChI=1S/C17H21N3O2/c1-3-10-18-17(22)14-6-9-16(19-11-14)20(2)12-13-4-7-15(21)8-5-13/h4-9,11,21H,3,10,12H2,1-2H3,(H,18,22). The average Bonchev–Trinajstić information content (AvgIpc) is 2.55. The molecule has 22 heavy (non-hydrogen) atoms. The molecule has 0 atom stereocenters. The zero-order valence-corrected chi connectivity index (χ0v) is 12.9. The number of hydrogen-bond acceptors (Lipinski definition) is 4. The molecule has 0 spiro atoms. The van der Waals surface area contributed by atoms with E-state index >= 15 is 0 Å². The minimum atomic E-state index is -0.0953. The maximum atomic E-state index is 11.8. The van der Waals surface area contributed by atoms with E-state index in [-0.39, 0.29) is 11.7 Å². The molecule has 1 amide bonds. The predicted octanol–water partition coefficient (Wildman–Crippen LogP) is 2.56. The van der Waals surface area contributed by atoms with Crippen LogP contribution in [-0.4, -0.2) is 29.6 Å². The highest BCUT2D eigenvalue weighted by Gasteiger charge is 2.08. The molecule has 2 aromatic rings. The summed E-state index contributed by atoms with van der Waals surface area (Å²) >= 11 is 0. The van der Waals surface area contributed by atoms with Gasteiger partial charge >= 0.3 is 0 Å². The molecule has 5 nitrogen and oxygen atoms in total. The van der Waals surface area contributed by atoms with Gasteiger partial charge in [0.05, 0.1) is 5.56 Å². The second kappa shape index (κ2) is 7.45. The van der Waals surface area contributed by atoms with Crippen LogP contribution in [0.3, 0.4) is 0 Å². The molecule has 0 unspecified atom stereocenters. The van der Waals surface area contributed by atoms with Gasteiger partial charge in [-0.2, -0.15) is 0 Å². The molecule has 0 aliphatic rings. The molecule has 0 saturated carbocycles. The molecule has 116 valence electrons. The van der Waals surface area contributed by atoms with Crippen LogP contribution in [0, 0.1) is 0 Å². The van der Waals surface area contributed by atoms with E-state index in [4.69, 9.17) is 0 Å². The summed E-state index contributed by atoms with van der Waals surface area (Å²) in [6.07, 6.45) is 2.50. The van der Waals surface area contributed by atoms with E-state index < -0.39 is 0 Å². The van der Waals surface area contributed by atoms with Crippen molar-refractivity contribution in [2.45, 2.75) is 19.9 Å².